The summed E-state index contributed by atoms with van der Waals surface area (Å²) in [6, 6.07) is 23.0. The first-order valence-electron chi connectivity index (χ1n) is 8.44. The zero-order valence-electron chi connectivity index (χ0n) is 14.1. The van der Waals surface area contributed by atoms with Crippen molar-refractivity contribution in [1.82, 2.24) is 9.88 Å². The van der Waals surface area contributed by atoms with Gasteiger partial charge in [0.15, 0.2) is 0 Å². The second-order valence-corrected chi connectivity index (χ2v) is 5.98. The van der Waals surface area contributed by atoms with E-state index in [0.717, 1.165) is 23.3 Å². The molecule has 124 valence electrons. The van der Waals surface area contributed by atoms with Gasteiger partial charge >= 0.3 is 0 Å². The molecule has 0 unspecified atom stereocenters. The number of hydrogen-bond acceptors (Lipinski definition) is 3. The molecule has 25 heavy (non-hydrogen) atoms. The number of aromatic amines is 1. The van der Waals surface area contributed by atoms with Crippen molar-refractivity contribution in [3.63, 3.8) is 0 Å². The van der Waals surface area contributed by atoms with Crippen LogP contribution in [0.3, 0.4) is 0 Å². The van der Waals surface area contributed by atoms with Crippen LogP contribution in [-0.2, 0) is 6.54 Å². The molecule has 3 aromatic rings. The summed E-state index contributed by atoms with van der Waals surface area (Å²) in [5.41, 5.74) is 4.59. The Bertz CT molecular complexity index is 894. The van der Waals surface area contributed by atoms with Crippen LogP contribution < -0.4 is 0 Å². The summed E-state index contributed by atoms with van der Waals surface area (Å²) in [5.74, 6) is 0. The molecule has 0 aliphatic heterocycles. The Hall–Kier alpha value is -3.08. The van der Waals surface area contributed by atoms with Crippen LogP contribution in [0.25, 0.3) is 22.2 Å². The average Bonchev–Trinajstić information content (AvgIpc) is 3.03. The van der Waals surface area contributed by atoms with Gasteiger partial charge in [-0.25, -0.2) is 0 Å². The number of nitriles is 2. The lowest BCUT2D eigenvalue weighted by molar-refractivity contribution is 0.279. The maximum absolute atomic E-state index is 8.92. The van der Waals surface area contributed by atoms with Crippen molar-refractivity contribution in [2.24, 2.45) is 0 Å². The summed E-state index contributed by atoms with van der Waals surface area (Å²) in [6.07, 6.45) is 0.933. The first kappa shape index (κ1) is 16.8. The fraction of sp³-hybridized carbons (Fsp3) is 0.238. The highest BCUT2D eigenvalue weighted by Gasteiger charge is 2.16. The summed E-state index contributed by atoms with van der Waals surface area (Å²) in [6.45, 7) is 2.06. The molecule has 2 aromatic carbocycles. The minimum Gasteiger partial charge on any atom is -0.354 e. The molecule has 0 atom stereocenters. The number of hydrogen-bond donors (Lipinski definition) is 1. The van der Waals surface area contributed by atoms with Gasteiger partial charge in [0.25, 0.3) is 0 Å². The Morgan fingerprint density at radius 3 is 2.16 bits per heavy atom. The normalized spacial score (nSPS) is 10.7. The van der Waals surface area contributed by atoms with Crippen LogP contribution in [0.5, 0.6) is 0 Å². The van der Waals surface area contributed by atoms with Gasteiger partial charge in [0.05, 0.1) is 17.8 Å². The van der Waals surface area contributed by atoms with Crippen LogP contribution in [0.4, 0.5) is 0 Å². The van der Waals surface area contributed by atoms with E-state index in [4.69, 9.17) is 10.5 Å². The minimum absolute atomic E-state index is 0.467. The van der Waals surface area contributed by atoms with Gasteiger partial charge in [-0.3, -0.25) is 4.90 Å². The molecule has 4 heteroatoms. The third-order valence-corrected chi connectivity index (χ3v) is 4.34. The van der Waals surface area contributed by atoms with Gasteiger partial charge in [-0.2, -0.15) is 10.5 Å². The summed E-state index contributed by atoms with van der Waals surface area (Å²) in [4.78, 5) is 5.73. The van der Waals surface area contributed by atoms with Crippen LogP contribution in [0.2, 0.25) is 0 Å². The van der Waals surface area contributed by atoms with Crippen LogP contribution >= 0.6 is 0 Å². The molecule has 0 aliphatic carbocycles. The number of H-pyrrole nitrogens is 1. The molecule has 0 fully saturated rings. The van der Waals surface area contributed by atoms with Crippen molar-refractivity contribution in [3.8, 4) is 23.4 Å². The highest BCUT2D eigenvalue weighted by Crippen LogP contribution is 2.31. The van der Waals surface area contributed by atoms with E-state index in [-0.39, 0.29) is 0 Å². The number of nitrogens with zero attached hydrogens (tertiary/aromatic N) is 3. The maximum atomic E-state index is 8.92. The van der Waals surface area contributed by atoms with Crippen molar-refractivity contribution < 1.29 is 0 Å². The monoisotopic (exact) mass is 328 g/mol. The summed E-state index contributed by atoms with van der Waals surface area (Å²) in [7, 11) is 0. The number of para-hydroxylation sites is 1. The highest BCUT2D eigenvalue weighted by molar-refractivity contribution is 5.90. The third-order valence-electron chi connectivity index (χ3n) is 4.34. The van der Waals surface area contributed by atoms with Gasteiger partial charge in [0.2, 0.25) is 0 Å². The molecule has 1 N–H and O–H groups in total. The van der Waals surface area contributed by atoms with Crippen molar-refractivity contribution in [2.45, 2.75) is 19.4 Å². The lowest BCUT2D eigenvalue weighted by Gasteiger charge is -2.20. The molecule has 1 heterocycles. The molecular formula is C21H20N4. The average molecular weight is 328 g/mol. The maximum Gasteiger partial charge on any atom is 0.0635 e. The SMILES string of the molecule is N#CCCN(CCC#N)Cc1c(-c2ccccc2)[nH]c2ccccc12. The van der Waals surface area contributed by atoms with Crippen molar-refractivity contribution in [1.29, 1.82) is 10.5 Å². The quantitative estimate of drug-likeness (QED) is 0.696. The van der Waals surface area contributed by atoms with Gasteiger partial charge < -0.3 is 4.98 Å². The molecule has 0 aliphatic rings. The number of nitrogens with one attached hydrogen (secondary N) is 1. The van der Waals surface area contributed by atoms with Crippen LogP contribution in [0, 0.1) is 22.7 Å². The third kappa shape index (κ3) is 3.88. The van der Waals surface area contributed by atoms with Gasteiger partial charge in [-0.05, 0) is 17.2 Å². The predicted molar refractivity (Wildman–Crippen MR) is 99.5 cm³/mol. The molecule has 0 amide bonds. The number of fused-ring (bicyclic) bond motifs is 1. The molecule has 0 bridgehead atoms. The van der Waals surface area contributed by atoms with E-state index in [2.05, 4.69) is 46.3 Å². The fourth-order valence-corrected chi connectivity index (χ4v) is 3.13. The van der Waals surface area contributed by atoms with Gasteiger partial charge in [0, 0.05) is 43.4 Å². The molecule has 3 rings (SSSR count). The first-order valence-corrected chi connectivity index (χ1v) is 8.44. The van der Waals surface area contributed by atoms with E-state index in [9.17, 15) is 0 Å². The summed E-state index contributed by atoms with van der Waals surface area (Å²) in [5, 5.41) is 19.0. The number of rotatable bonds is 7. The van der Waals surface area contributed by atoms with E-state index in [0.29, 0.717) is 25.9 Å². The largest absolute Gasteiger partial charge is 0.354 e. The van der Waals surface area contributed by atoms with Crippen LogP contribution in [0.15, 0.2) is 54.6 Å². The van der Waals surface area contributed by atoms with Crippen LogP contribution in [0.1, 0.15) is 18.4 Å². The van der Waals surface area contributed by atoms with E-state index in [1.54, 1.807) is 0 Å². The minimum atomic E-state index is 0.467. The fourth-order valence-electron chi connectivity index (χ4n) is 3.13. The lowest BCUT2D eigenvalue weighted by Crippen LogP contribution is -2.25. The van der Waals surface area contributed by atoms with E-state index < -0.39 is 0 Å². The Balaban J connectivity index is 2.01. The molecule has 1 aromatic heterocycles. The predicted octanol–water partition coefficient (Wildman–Crippen LogP) is 4.46. The highest BCUT2D eigenvalue weighted by atomic mass is 15.1. The van der Waals surface area contributed by atoms with Crippen molar-refractivity contribution >= 4 is 10.9 Å². The zero-order valence-corrected chi connectivity index (χ0v) is 14.1. The molecule has 0 spiro atoms. The Kier molecular flexibility index (Phi) is 5.46. The van der Waals surface area contributed by atoms with Crippen molar-refractivity contribution in [3.05, 3.63) is 60.2 Å². The second-order valence-electron chi connectivity index (χ2n) is 5.98. The van der Waals surface area contributed by atoms with Crippen LogP contribution in [-0.4, -0.2) is 23.0 Å². The molecule has 0 saturated heterocycles. The molecule has 0 radical (unpaired) electrons. The Morgan fingerprint density at radius 1 is 0.840 bits per heavy atom. The molecule has 0 saturated carbocycles. The van der Waals surface area contributed by atoms with Gasteiger partial charge in [-0.1, -0.05) is 48.5 Å². The summed E-state index contributed by atoms with van der Waals surface area (Å²) >= 11 is 0. The van der Waals surface area contributed by atoms with E-state index >= 15 is 0 Å². The molecular weight excluding hydrogens is 308 g/mol. The van der Waals surface area contributed by atoms with Crippen molar-refractivity contribution in [2.75, 3.05) is 13.1 Å². The molecule has 4 nitrogen and oxygen atoms in total. The number of aromatic nitrogens is 1. The van der Waals surface area contributed by atoms with Gasteiger partial charge in [-0.15, -0.1) is 0 Å². The van der Waals surface area contributed by atoms with E-state index in [1.165, 1.54) is 10.9 Å². The smallest absolute Gasteiger partial charge is 0.0635 e. The lowest BCUT2D eigenvalue weighted by atomic mass is 10.0. The Labute approximate surface area is 147 Å². The standard InChI is InChI=1S/C21H20N4/c22-12-6-14-25(15-7-13-23)16-19-18-10-4-5-11-20(18)24-21(19)17-8-2-1-3-9-17/h1-5,8-11,24H,6-7,14-16H2. The first-order chi connectivity index (χ1) is 12.3. The van der Waals surface area contributed by atoms with Gasteiger partial charge in [0.1, 0.15) is 0 Å². The zero-order chi connectivity index (χ0) is 17.5. The van der Waals surface area contributed by atoms with E-state index in [1.807, 2.05) is 30.3 Å². The summed E-state index contributed by atoms with van der Waals surface area (Å²) < 4.78 is 0. The Morgan fingerprint density at radius 2 is 1.48 bits per heavy atom. The second kappa shape index (κ2) is 8.15. The topological polar surface area (TPSA) is 66.6 Å². The number of benzene rings is 2.